The van der Waals surface area contributed by atoms with E-state index in [4.69, 9.17) is 14.2 Å². The van der Waals surface area contributed by atoms with Gasteiger partial charge in [-0.3, -0.25) is 19.2 Å². The van der Waals surface area contributed by atoms with Crippen LogP contribution in [0.15, 0.2) is 103 Å². The minimum absolute atomic E-state index is 0.0238. The smallest absolute Gasteiger partial charge is 0.410 e. The van der Waals surface area contributed by atoms with Crippen LogP contribution in [0.4, 0.5) is 4.79 Å². The Kier molecular flexibility index (Phi) is 17.4. The lowest BCUT2D eigenvalue weighted by Gasteiger charge is -2.33. The first-order valence-corrected chi connectivity index (χ1v) is 21.5. The quantitative estimate of drug-likeness (QED) is 0.0757. The zero-order valence-corrected chi connectivity index (χ0v) is 36.3. The number of nitrogens with one attached hydrogen (secondary N) is 2. The summed E-state index contributed by atoms with van der Waals surface area (Å²) in [6.07, 6.45) is 2.52. The van der Waals surface area contributed by atoms with E-state index in [1.165, 1.54) is 4.90 Å². The van der Waals surface area contributed by atoms with Gasteiger partial charge in [0.25, 0.3) is 0 Å². The number of likely N-dealkylation sites (tertiary alicyclic amines) is 1. The molecule has 5 rings (SSSR count). The predicted octanol–water partition coefficient (Wildman–Crippen LogP) is 6.89. The number of amides is 4. The molecule has 0 bridgehead atoms. The Labute approximate surface area is 364 Å². The van der Waals surface area contributed by atoms with Crippen molar-refractivity contribution in [2.45, 2.75) is 104 Å². The topological polar surface area (TPSA) is 161 Å². The van der Waals surface area contributed by atoms with Crippen molar-refractivity contribution in [3.05, 3.63) is 120 Å². The monoisotopic (exact) mass is 848 g/mol. The molecule has 1 fully saturated rings. The van der Waals surface area contributed by atoms with Gasteiger partial charge in [0.05, 0.1) is 13.0 Å². The lowest BCUT2D eigenvalue weighted by Crippen LogP contribution is -2.54. The van der Waals surface area contributed by atoms with Crippen molar-refractivity contribution in [2.75, 3.05) is 26.2 Å². The number of nitrogens with zero attached hydrogens (tertiary/aromatic N) is 2. The number of hydrogen-bond acceptors (Lipinski definition) is 9. The van der Waals surface area contributed by atoms with Gasteiger partial charge in [0, 0.05) is 32.5 Å². The Bertz CT molecular complexity index is 2110. The van der Waals surface area contributed by atoms with E-state index in [2.05, 4.69) is 10.6 Å². The summed E-state index contributed by atoms with van der Waals surface area (Å²) >= 11 is 0. The number of benzene rings is 4. The highest BCUT2D eigenvalue weighted by Gasteiger charge is 2.32. The molecule has 62 heavy (non-hydrogen) atoms. The summed E-state index contributed by atoms with van der Waals surface area (Å²) in [6.45, 7) is 8.33. The molecule has 0 unspecified atom stereocenters. The third-order valence-corrected chi connectivity index (χ3v) is 10.7. The van der Waals surface area contributed by atoms with Gasteiger partial charge in [0.2, 0.25) is 17.7 Å². The van der Waals surface area contributed by atoms with Crippen LogP contribution in [-0.2, 0) is 57.8 Å². The molecule has 13 nitrogen and oxygen atoms in total. The number of rotatable bonds is 19. The maximum atomic E-state index is 14.1. The molecule has 0 aliphatic carbocycles. The summed E-state index contributed by atoms with van der Waals surface area (Å²) in [5, 5.41) is 7.37. The molecule has 4 aromatic rings. The van der Waals surface area contributed by atoms with Crippen LogP contribution < -0.4 is 10.6 Å². The van der Waals surface area contributed by atoms with Crippen LogP contribution >= 0.6 is 0 Å². The molecular weight excluding hydrogens is 789 g/mol. The van der Waals surface area contributed by atoms with E-state index in [1.54, 1.807) is 24.0 Å². The molecule has 0 radical (unpaired) electrons. The zero-order valence-electron chi connectivity index (χ0n) is 36.3. The lowest BCUT2D eigenvalue weighted by molar-refractivity contribution is -0.150. The van der Waals surface area contributed by atoms with Crippen molar-refractivity contribution in [2.24, 2.45) is 5.92 Å². The van der Waals surface area contributed by atoms with Crippen LogP contribution in [0.1, 0.15) is 82.9 Å². The van der Waals surface area contributed by atoms with Crippen molar-refractivity contribution in [1.29, 1.82) is 0 Å². The zero-order chi connectivity index (χ0) is 44.5. The number of ether oxygens (including phenoxy) is 3. The van der Waals surface area contributed by atoms with Crippen LogP contribution in [0.3, 0.4) is 0 Å². The number of carbonyl (C=O) groups is 6. The van der Waals surface area contributed by atoms with Crippen molar-refractivity contribution in [1.82, 2.24) is 20.4 Å². The maximum Gasteiger partial charge on any atom is 0.410 e. The second-order valence-corrected chi connectivity index (χ2v) is 16.7. The third-order valence-electron chi connectivity index (χ3n) is 10.7. The fourth-order valence-corrected chi connectivity index (χ4v) is 7.29. The first-order valence-electron chi connectivity index (χ1n) is 21.5. The summed E-state index contributed by atoms with van der Waals surface area (Å²) in [4.78, 5) is 83.6. The summed E-state index contributed by atoms with van der Waals surface area (Å²) in [6, 6.07) is 29.1. The van der Waals surface area contributed by atoms with Crippen LogP contribution in [0.5, 0.6) is 0 Å². The number of piperidine rings is 1. The molecular formula is C49H60N4O9. The van der Waals surface area contributed by atoms with Gasteiger partial charge in [-0.05, 0) is 86.8 Å². The molecule has 2 atom stereocenters. The highest BCUT2D eigenvalue weighted by Crippen LogP contribution is 2.24. The Balaban J connectivity index is 1.22. The lowest BCUT2D eigenvalue weighted by atomic mass is 9.91. The van der Waals surface area contributed by atoms with Crippen LogP contribution in [0, 0.1) is 5.92 Å². The number of fused-ring (bicyclic) bond motifs is 1. The van der Waals surface area contributed by atoms with Gasteiger partial charge in [-0.15, -0.1) is 0 Å². The average molecular weight is 849 g/mol. The van der Waals surface area contributed by atoms with Gasteiger partial charge in [0.1, 0.15) is 30.9 Å². The van der Waals surface area contributed by atoms with E-state index < -0.39 is 47.9 Å². The van der Waals surface area contributed by atoms with Crippen LogP contribution in [-0.4, -0.2) is 89.4 Å². The molecule has 4 amide bonds. The first kappa shape index (κ1) is 46.8. The van der Waals surface area contributed by atoms with Crippen molar-refractivity contribution >= 4 is 46.5 Å². The number of esters is 2. The minimum Gasteiger partial charge on any atom is -0.461 e. The van der Waals surface area contributed by atoms with Gasteiger partial charge in [-0.2, -0.15) is 0 Å². The predicted molar refractivity (Wildman–Crippen MR) is 235 cm³/mol. The van der Waals surface area contributed by atoms with E-state index in [1.807, 2.05) is 112 Å². The minimum atomic E-state index is -1.44. The molecule has 1 aliphatic heterocycles. The summed E-state index contributed by atoms with van der Waals surface area (Å²) in [7, 11) is 0. The first-order chi connectivity index (χ1) is 29.8. The van der Waals surface area contributed by atoms with E-state index in [9.17, 15) is 28.8 Å². The second kappa shape index (κ2) is 23.1. The fourth-order valence-electron chi connectivity index (χ4n) is 7.29. The highest BCUT2D eigenvalue weighted by molar-refractivity contribution is 5.94. The van der Waals surface area contributed by atoms with Gasteiger partial charge < -0.3 is 34.6 Å². The van der Waals surface area contributed by atoms with Gasteiger partial charge >= 0.3 is 18.0 Å². The molecule has 0 saturated carbocycles. The standard InChI is InChI=1S/C49H60N4O9/c1-5-52(44(55)22-14-19-35-25-27-53(28-26-35)48(59)62-49(2,3)4)32-43(54)50-41(31-45(56)60-33-36-15-8-6-9-16-36)46(57)51-42(47(58)61-34-37-17-10-7-11-18-37)30-38-23-24-39-20-12-13-21-40(39)29-38/h6-13,15-18,20-21,23-24,29,35,41-42H,5,14,19,22,25-28,30-34H2,1-4H3,(H,50,54)(H,51,57)/t41-,42-/m0/s1. The summed E-state index contributed by atoms with van der Waals surface area (Å²) < 4.78 is 16.7. The van der Waals surface area contributed by atoms with Crippen molar-refractivity contribution in [3.8, 4) is 0 Å². The molecule has 1 aliphatic rings. The molecule has 1 heterocycles. The molecule has 0 aromatic heterocycles. The summed E-state index contributed by atoms with van der Waals surface area (Å²) in [5.74, 6) is -2.72. The Morgan fingerprint density at radius 3 is 1.98 bits per heavy atom. The number of carbonyl (C=O) groups excluding carboxylic acids is 6. The Morgan fingerprint density at radius 2 is 1.35 bits per heavy atom. The van der Waals surface area contributed by atoms with Gasteiger partial charge in [0.15, 0.2) is 0 Å². The van der Waals surface area contributed by atoms with E-state index in [0.717, 1.165) is 46.7 Å². The van der Waals surface area contributed by atoms with Crippen molar-refractivity contribution < 1.29 is 43.0 Å². The highest BCUT2D eigenvalue weighted by atomic mass is 16.6. The molecule has 0 spiro atoms. The van der Waals surface area contributed by atoms with Gasteiger partial charge in [-0.25, -0.2) is 9.59 Å². The normalized spacial score (nSPS) is 14.0. The second-order valence-electron chi connectivity index (χ2n) is 16.7. The van der Waals surface area contributed by atoms with Crippen LogP contribution in [0.25, 0.3) is 10.8 Å². The van der Waals surface area contributed by atoms with Gasteiger partial charge in [-0.1, -0.05) is 103 Å². The largest absolute Gasteiger partial charge is 0.461 e. The fraction of sp³-hybridized carbons (Fsp3) is 0.429. The van der Waals surface area contributed by atoms with E-state index in [0.29, 0.717) is 25.4 Å². The maximum absolute atomic E-state index is 14.1. The Morgan fingerprint density at radius 1 is 0.742 bits per heavy atom. The third kappa shape index (κ3) is 15.3. The van der Waals surface area contributed by atoms with E-state index in [-0.39, 0.29) is 51.1 Å². The molecule has 1 saturated heterocycles. The number of hydrogen-bond donors (Lipinski definition) is 2. The molecule has 4 aromatic carbocycles. The molecule has 330 valence electrons. The SMILES string of the molecule is CCN(CC(=O)N[C@@H](CC(=O)OCc1ccccc1)C(=O)N[C@@H](Cc1ccc2ccccc2c1)C(=O)OCc1ccccc1)C(=O)CCCC1CCN(C(=O)OC(C)(C)C)CC1. The Hall–Kier alpha value is -6.24. The van der Waals surface area contributed by atoms with Crippen molar-refractivity contribution in [3.63, 3.8) is 0 Å². The molecule has 2 N–H and O–H groups in total. The molecule has 13 heteroatoms. The van der Waals surface area contributed by atoms with Crippen LogP contribution in [0.2, 0.25) is 0 Å². The van der Waals surface area contributed by atoms with E-state index >= 15 is 0 Å². The average Bonchev–Trinajstić information content (AvgIpc) is 3.26. The number of likely N-dealkylation sites (N-methyl/N-ethyl adjacent to an activating group) is 1. The summed E-state index contributed by atoms with van der Waals surface area (Å²) in [5.41, 5.74) is 1.71.